The van der Waals surface area contributed by atoms with Crippen molar-refractivity contribution in [1.29, 1.82) is 0 Å². The molecule has 0 fully saturated rings. The van der Waals surface area contributed by atoms with Crippen LogP contribution in [-0.4, -0.2) is 17.5 Å². The van der Waals surface area contributed by atoms with Crippen molar-refractivity contribution in [2.45, 2.75) is 6.92 Å². The zero-order valence-corrected chi connectivity index (χ0v) is 11.2. The number of nitrogens with zero attached hydrogens (tertiary/aromatic N) is 1. The molecule has 0 aliphatic carbocycles. The summed E-state index contributed by atoms with van der Waals surface area (Å²) in [5.74, 6) is 0.424. The first kappa shape index (κ1) is 11.9. The standard InChI is InChI=1S/C14H12N2O2S/c1-2-18-7-12-11-5-10(9-3-4-19-8-9)6-15-13(11)16-14(12)17/h3-8H,2H2,1H3,(H,15,16,17). The summed E-state index contributed by atoms with van der Waals surface area (Å²) >= 11 is 1.63. The first-order chi connectivity index (χ1) is 9.29. The highest BCUT2D eigenvalue weighted by atomic mass is 32.1. The Morgan fingerprint density at radius 2 is 2.37 bits per heavy atom. The first-order valence-electron chi connectivity index (χ1n) is 5.95. The molecule has 0 saturated heterocycles. The third kappa shape index (κ3) is 2.13. The lowest BCUT2D eigenvalue weighted by molar-refractivity contribution is -0.110. The van der Waals surface area contributed by atoms with Gasteiger partial charge in [0.15, 0.2) is 0 Å². The van der Waals surface area contributed by atoms with E-state index >= 15 is 0 Å². The number of aromatic nitrogens is 1. The lowest BCUT2D eigenvalue weighted by atomic mass is 10.1. The van der Waals surface area contributed by atoms with Crippen LogP contribution in [0.3, 0.4) is 0 Å². The highest BCUT2D eigenvalue weighted by Crippen LogP contribution is 2.33. The van der Waals surface area contributed by atoms with Gasteiger partial charge >= 0.3 is 0 Å². The molecule has 0 saturated carbocycles. The fraction of sp³-hybridized carbons (Fsp3) is 0.143. The van der Waals surface area contributed by atoms with E-state index in [0.717, 1.165) is 16.7 Å². The molecule has 5 heteroatoms. The van der Waals surface area contributed by atoms with Crippen LogP contribution in [0.25, 0.3) is 16.7 Å². The van der Waals surface area contributed by atoms with Gasteiger partial charge in [-0.2, -0.15) is 11.3 Å². The Morgan fingerprint density at radius 1 is 1.47 bits per heavy atom. The molecule has 0 radical (unpaired) electrons. The molecule has 2 aromatic heterocycles. The molecule has 0 unspecified atom stereocenters. The van der Waals surface area contributed by atoms with E-state index in [-0.39, 0.29) is 5.91 Å². The van der Waals surface area contributed by atoms with E-state index in [1.807, 2.05) is 24.4 Å². The summed E-state index contributed by atoms with van der Waals surface area (Å²) in [5, 5.41) is 6.81. The van der Waals surface area contributed by atoms with E-state index in [4.69, 9.17) is 4.74 Å². The number of carbonyl (C=O) groups is 1. The van der Waals surface area contributed by atoms with Gasteiger partial charge in [-0.05, 0) is 35.4 Å². The number of hydrogen-bond donors (Lipinski definition) is 1. The third-order valence-corrected chi connectivity index (χ3v) is 3.56. The zero-order chi connectivity index (χ0) is 13.2. The molecule has 4 nitrogen and oxygen atoms in total. The molecule has 19 heavy (non-hydrogen) atoms. The van der Waals surface area contributed by atoms with Crippen molar-refractivity contribution in [1.82, 2.24) is 4.98 Å². The largest absolute Gasteiger partial charge is 0.501 e. The van der Waals surface area contributed by atoms with Gasteiger partial charge in [0.1, 0.15) is 5.82 Å². The fourth-order valence-corrected chi connectivity index (χ4v) is 2.60. The minimum absolute atomic E-state index is 0.168. The minimum atomic E-state index is -0.168. The van der Waals surface area contributed by atoms with Gasteiger partial charge in [-0.3, -0.25) is 4.79 Å². The van der Waals surface area contributed by atoms with Crippen LogP contribution in [0.1, 0.15) is 12.5 Å². The van der Waals surface area contributed by atoms with E-state index in [9.17, 15) is 4.79 Å². The number of pyridine rings is 1. The van der Waals surface area contributed by atoms with Gasteiger partial charge in [0.25, 0.3) is 5.91 Å². The third-order valence-electron chi connectivity index (χ3n) is 2.88. The van der Waals surface area contributed by atoms with Crippen molar-refractivity contribution in [2.24, 2.45) is 0 Å². The molecule has 0 aromatic carbocycles. The number of amides is 1. The zero-order valence-electron chi connectivity index (χ0n) is 10.3. The van der Waals surface area contributed by atoms with Gasteiger partial charge in [0, 0.05) is 17.3 Å². The number of ether oxygens (including phenoxy) is 1. The smallest absolute Gasteiger partial charge is 0.260 e. The van der Waals surface area contributed by atoms with Crippen LogP contribution in [0, 0.1) is 0 Å². The molecule has 3 heterocycles. The molecule has 0 bridgehead atoms. The molecule has 2 aromatic rings. The molecule has 0 spiro atoms. The molecule has 0 atom stereocenters. The van der Waals surface area contributed by atoms with Gasteiger partial charge in [-0.25, -0.2) is 4.98 Å². The van der Waals surface area contributed by atoms with E-state index in [1.165, 1.54) is 6.26 Å². The molecule has 3 rings (SSSR count). The Bertz CT molecular complexity index is 647. The second-order valence-electron chi connectivity index (χ2n) is 4.07. The average Bonchev–Trinajstić information content (AvgIpc) is 3.03. The van der Waals surface area contributed by atoms with Crippen LogP contribution in [0.15, 0.2) is 35.4 Å². The second-order valence-corrected chi connectivity index (χ2v) is 4.85. The number of carbonyl (C=O) groups excluding carboxylic acids is 1. The summed E-state index contributed by atoms with van der Waals surface area (Å²) in [4.78, 5) is 16.1. The van der Waals surface area contributed by atoms with Gasteiger partial charge in [-0.15, -0.1) is 0 Å². The number of thiophene rings is 1. The summed E-state index contributed by atoms with van der Waals surface area (Å²) in [5.41, 5.74) is 3.43. The molecule has 96 valence electrons. The summed E-state index contributed by atoms with van der Waals surface area (Å²) in [6.45, 7) is 2.41. The second kappa shape index (κ2) is 4.85. The molecular formula is C14H12N2O2S. The first-order valence-corrected chi connectivity index (χ1v) is 6.90. The van der Waals surface area contributed by atoms with E-state index < -0.39 is 0 Å². The molecular weight excluding hydrogens is 260 g/mol. The van der Waals surface area contributed by atoms with Crippen LogP contribution in [0.2, 0.25) is 0 Å². The van der Waals surface area contributed by atoms with Gasteiger partial charge in [0.2, 0.25) is 0 Å². The maximum Gasteiger partial charge on any atom is 0.260 e. The van der Waals surface area contributed by atoms with Crippen molar-refractivity contribution in [3.8, 4) is 11.1 Å². The Labute approximate surface area is 114 Å². The summed E-state index contributed by atoms with van der Waals surface area (Å²) in [7, 11) is 0. The molecule has 1 aliphatic heterocycles. The summed E-state index contributed by atoms with van der Waals surface area (Å²) in [6, 6.07) is 4.00. The van der Waals surface area contributed by atoms with Gasteiger partial charge < -0.3 is 10.1 Å². The Balaban J connectivity index is 2.05. The maximum absolute atomic E-state index is 11.8. The molecule has 1 aliphatic rings. The van der Waals surface area contributed by atoms with Crippen molar-refractivity contribution in [3.05, 3.63) is 40.9 Å². The lowest BCUT2D eigenvalue weighted by Crippen LogP contribution is -2.04. The van der Waals surface area contributed by atoms with E-state index in [1.54, 1.807) is 17.5 Å². The highest BCUT2D eigenvalue weighted by molar-refractivity contribution is 7.08. The van der Waals surface area contributed by atoms with Gasteiger partial charge in [-0.1, -0.05) is 0 Å². The Kier molecular flexibility index (Phi) is 3.05. The quantitative estimate of drug-likeness (QED) is 0.690. The van der Waals surface area contributed by atoms with Gasteiger partial charge in [0.05, 0.1) is 18.4 Å². The van der Waals surface area contributed by atoms with Crippen LogP contribution in [-0.2, 0) is 9.53 Å². The topological polar surface area (TPSA) is 51.2 Å². The Morgan fingerprint density at radius 3 is 3.11 bits per heavy atom. The minimum Gasteiger partial charge on any atom is -0.501 e. The van der Waals surface area contributed by atoms with Crippen molar-refractivity contribution < 1.29 is 9.53 Å². The maximum atomic E-state index is 11.8. The SMILES string of the molecule is CCOC=C1C(=O)Nc2ncc(-c3ccsc3)cc21. The normalized spacial score (nSPS) is 15.4. The van der Waals surface area contributed by atoms with E-state index in [0.29, 0.717) is 18.0 Å². The van der Waals surface area contributed by atoms with Crippen molar-refractivity contribution in [2.75, 3.05) is 11.9 Å². The lowest BCUT2D eigenvalue weighted by Gasteiger charge is -2.02. The van der Waals surface area contributed by atoms with Crippen LogP contribution in [0.5, 0.6) is 0 Å². The van der Waals surface area contributed by atoms with Crippen LogP contribution < -0.4 is 5.32 Å². The number of nitrogens with one attached hydrogen (secondary N) is 1. The van der Waals surface area contributed by atoms with Crippen molar-refractivity contribution in [3.63, 3.8) is 0 Å². The number of fused-ring (bicyclic) bond motifs is 1. The Hall–Kier alpha value is -2.14. The van der Waals surface area contributed by atoms with E-state index in [2.05, 4.69) is 15.7 Å². The number of rotatable bonds is 3. The predicted octanol–water partition coefficient (Wildman–Crippen LogP) is 3.14. The monoisotopic (exact) mass is 272 g/mol. The number of anilines is 1. The fourth-order valence-electron chi connectivity index (χ4n) is 1.94. The average molecular weight is 272 g/mol. The van der Waals surface area contributed by atoms with Crippen molar-refractivity contribution >= 4 is 28.6 Å². The van der Waals surface area contributed by atoms with Crippen LogP contribution >= 0.6 is 11.3 Å². The predicted molar refractivity (Wildman–Crippen MR) is 75.8 cm³/mol. The molecule has 1 N–H and O–H groups in total. The summed E-state index contributed by atoms with van der Waals surface area (Å²) in [6.07, 6.45) is 3.27. The molecule has 1 amide bonds. The summed E-state index contributed by atoms with van der Waals surface area (Å²) < 4.78 is 5.23. The highest BCUT2D eigenvalue weighted by Gasteiger charge is 2.26. The van der Waals surface area contributed by atoms with Crippen LogP contribution in [0.4, 0.5) is 5.82 Å². The number of hydrogen-bond acceptors (Lipinski definition) is 4.